The fourth-order valence-electron chi connectivity index (χ4n) is 0.419. The molecule has 0 saturated heterocycles. The molecule has 0 aliphatic carbocycles. The molecule has 0 aromatic rings. The topological polar surface area (TPSA) is 27.6 Å². The molecule has 0 aromatic carbocycles. The van der Waals surface area contributed by atoms with Crippen LogP contribution in [0.15, 0.2) is 16.3 Å². The van der Waals surface area contributed by atoms with Crippen LogP contribution in [0.2, 0.25) is 0 Å². The summed E-state index contributed by atoms with van der Waals surface area (Å²) in [6.45, 7) is 0. The molecule has 0 amide bonds. The van der Waals surface area contributed by atoms with Gasteiger partial charge in [-0.05, 0) is 6.08 Å². The molecule has 44 valence electrons. The van der Waals surface area contributed by atoms with E-state index >= 15 is 0 Å². The van der Waals surface area contributed by atoms with Crippen LogP contribution in [0.5, 0.6) is 0 Å². The number of halogens is 1. The summed E-state index contributed by atoms with van der Waals surface area (Å²) in [4.78, 5) is 0. The molecular formula is C4H6ClN3. The Bertz CT molecular complexity index is 140. The van der Waals surface area contributed by atoms with E-state index in [-0.39, 0.29) is 0 Å². The van der Waals surface area contributed by atoms with Gasteiger partial charge in [0.15, 0.2) is 0 Å². The molecule has 1 aliphatic heterocycles. The molecule has 0 spiro atoms. The van der Waals surface area contributed by atoms with Crippen molar-refractivity contribution in [2.75, 3.05) is 7.05 Å². The summed E-state index contributed by atoms with van der Waals surface area (Å²) < 4.78 is 0. The maximum atomic E-state index is 5.53. The molecule has 4 heteroatoms. The number of nitrogens with zero attached hydrogens (tertiary/aromatic N) is 2. The van der Waals surface area contributed by atoms with Crippen LogP contribution in [0.1, 0.15) is 0 Å². The number of hydrogen-bond acceptors (Lipinski definition) is 3. The van der Waals surface area contributed by atoms with Crippen molar-refractivity contribution >= 4 is 17.8 Å². The van der Waals surface area contributed by atoms with Gasteiger partial charge in [0.25, 0.3) is 0 Å². The van der Waals surface area contributed by atoms with Crippen molar-refractivity contribution in [3.63, 3.8) is 0 Å². The summed E-state index contributed by atoms with van der Waals surface area (Å²) in [5.41, 5.74) is 2.74. The minimum atomic E-state index is 0.586. The smallest absolute Gasteiger partial charge is 0.123 e. The lowest BCUT2D eigenvalue weighted by atomic mass is 10.6. The van der Waals surface area contributed by atoms with Gasteiger partial charge in [-0.2, -0.15) is 5.10 Å². The minimum Gasteiger partial charge on any atom is -0.272 e. The Kier molecular flexibility index (Phi) is 1.39. The Hall–Kier alpha value is -0.700. The van der Waals surface area contributed by atoms with E-state index in [0.29, 0.717) is 5.16 Å². The number of hydrogen-bond donors (Lipinski definition) is 1. The van der Waals surface area contributed by atoms with E-state index in [9.17, 15) is 0 Å². The zero-order valence-corrected chi connectivity index (χ0v) is 5.18. The van der Waals surface area contributed by atoms with Gasteiger partial charge in [0.2, 0.25) is 0 Å². The van der Waals surface area contributed by atoms with Gasteiger partial charge < -0.3 is 0 Å². The lowest BCUT2D eigenvalue weighted by Gasteiger charge is -2.16. The van der Waals surface area contributed by atoms with Crippen LogP contribution in [0, 0.1) is 0 Å². The maximum Gasteiger partial charge on any atom is 0.123 e. The first-order valence-electron chi connectivity index (χ1n) is 2.19. The van der Waals surface area contributed by atoms with Gasteiger partial charge in [-0.15, -0.1) is 0 Å². The highest BCUT2D eigenvalue weighted by Gasteiger charge is 1.95. The van der Waals surface area contributed by atoms with Gasteiger partial charge in [0.05, 0.1) is 6.21 Å². The van der Waals surface area contributed by atoms with E-state index < -0.39 is 0 Å². The summed E-state index contributed by atoms with van der Waals surface area (Å²) in [5, 5.41) is 5.93. The summed E-state index contributed by atoms with van der Waals surface area (Å²) in [7, 11) is 1.77. The first kappa shape index (κ1) is 5.44. The molecule has 1 aliphatic rings. The van der Waals surface area contributed by atoms with Crippen molar-refractivity contribution in [2.45, 2.75) is 0 Å². The first-order chi connectivity index (χ1) is 3.79. The Morgan fingerprint density at radius 3 is 3.00 bits per heavy atom. The molecule has 1 heterocycles. The standard InChI is InChI=1S/C4H6ClN3/c1-8-6-3-2-4(5)7-8/h2-3,7H,1H3. The third-order valence-electron chi connectivity index (χ3n) is 0.729. The van der Waals surface area contributed by atoms with Crippen molar-refractivity contribution in [3.05, 3.63) is 11.2 Å². The summed E-state index contributed by atoms with van der Waals surface area (Å²) in [6.07, 6.45) is 3.31. The normalized spacial score (nSPS) is 17.8. The van der Waals surface area contributed by atoms with Crippen molar-refractivity contribution in [3.8, 4) is 0 Å². The highest BCUT2D eigenvalue weighted by Crippen LogP contribution is 1.98. The largest absolute Gasteiger partial charge is 0.272 e. The SMILES string of the molecule is CN1N=CC=C(Cl)N1. The van der Waals surface area contributed by atoms with Crippen molar-refractivity contribution in [1.82, 2.24) is 10.5 Å². The minimum absolute atomic E-state index is 0.586. The van der Waals surface area contributed by atoms with Gasteiger partial charge >= 0.3 is 0 Å². The second-order valence-corrected chi connectivity index (χ2v) is 1.82. The Balaban J connectivity index is 2.59. The predicted octanol–water partition coefficient (Wildman–Crippen LogP) is 0.502. The van der Waals surface area contributed by atoms with Crippen LogP contribution < -0.4 is 5.43 Å². The zero-order valence-electron chi connectivity index (χ0n) is 4.43. The van der Waals surface area contributed by atoms with Gasteiger partial charge in [-0.3, -0.25) is 5.43 Å². The van der Waals surface area contributed by atoms with Gasteiger partial charge in [0, 0.05) is 7.05 Å². The molecule has 0 atom stereocenters. The van der Waals surface area contributed by atoms with Crippen LogP contribution in [0.25, 0.3) is 0 Å². The monoisotopic (exact) mass is 131 g/mol. The van der Waals surface area contributed by atoms with Gasteiger partial charge in [-0.1, -0.05) is 11.6 Å². The Morgan fingerprint density at radius 2 is 2.62 bits per heavy atom. The van der Waals surface area contributed by atoms with Crippen molar-refractivity contribution in [1.29, 1.82) is 0 Å². The molecule has 3 nitrogen and oxygen atoms in total. The lowest BCUT2D eigenvalue weighted by molar-refractivity contribution is 0.286. The molecule has 0 bridgehead atoms. The molecule has 0 radical (unpaired) electrons. The fourth-order valence-corrected chi connectivity index (χ4v) is 0.598. The summed E-state index contributed by atoms with van der Waals surface area (Å²) in [6, 6.07) is 0. The fraction of sp³-hybridized carbons (Fsp3) is 0.250. The zero-order chi connectivity index (χ0) is 5.98. The Labute approximate surface area is 52.6 Å². The lowest BCUT2D eigenvalue weighted by Crippen LogP contribution is -2.29. The number of nitrogens with one attached hydrogen (secondary N) is 1. The second kappa shape index (κ2) is 2.05. The van der Waals surface area contributed by atoms with E-state index in [0.717, 1.165) is 0 Å². The first-order valence-corrected chi connectivity index (χ1v) is 2.57. The van der Waals surface area contributed by atoms with E-state index in [1.54, 1.807) is 19.3 Å². The Morgan fingerprint density at radius 1 is 1.88 bits per heavy atom. The average Bonchev–Trinajstić information content (AvgIpc) is 1.64. The van der Waals surface area contributed by atoms with E-state index in [1.165, 1.54) is 5.12 Å². The maximum absolute atomic E-state index is 5.53. The third-order valence-corrected chi connectivity index (χ3v) is 0.940. The van der Waals surface area contributed by atoms with Crippen LogP contribution >= 0.6 is 11.6 Å². The highest BCUT2D eigenvalue weighted by molar-refractivity contribution is 6.30. The molecule has 0 unspecified atom stereocenters. The summed E-state index contributed by atoms with van der Waals surface area (Å²) in [5.74, 6) is 0. The third kappa shape index (κ3) is 1.13. The second-order valence-electron chi connectivity index (χ2n) is 1.41. The van der Waals surface area contributed by atoms with Gasteiger partial charge in [0.1, 0.15) is 5.16 Å². The molecule has 1 N–H and O–H groups in total. The van der Waals surface area contributed by atoms with E-state index in [4.69, 9.17) is 11.6 Å². The van der Waals surface area contributed by atoms with Crippen molar-refractivity contribution in [2.24, 2.45) is 5.10 Å². The number of hydrazone groups is 1. The molecular weight excluding hydrogens is 126 g/mol. The van der Waals surface area contributed by atoms with Gasteiger partial charge in [-0.25, -0.2) is 5.12 Å². The van der Waals surface area contributed by atoms with Crippen LogP contribution in [0.4, 0.5) is 0 Å². The number of allylic oxidation sites excluding steroid dienone is 1. The van der Waals surface area contributed by atoms with E-state index in [1.807, 2.05) is 0 Å². The summed E-state index contributed by atoms with van der Waals surface area (Å²) >= 11 is 5.53. The van der Waals surface area contributed by atoms with E-state index in [2.05, 4.69) is 10.5 Å². The molecule has 0 fully saturated rings. The molecule has 0 aromatic heterocycles. The average molecular weight is 132 g/mol. The van der Waals surface area contributed by atoms with Crippen LogP contribution in [-0.4, -0.2) is 18.4 Å². The molecule has 0 saturated carbocycles. The highest BCUT2D eigenvalue weighted by atomic mass is 35.5. The molecule has 8 heavy (non-hydrogen) atoms. The number of rotatable bonds is 0. The molecule has 1 rings (SSSR count). The van der Waals surface area contributed by atoms with Crippen LogP contribution in [-0.2, 0) is 0 Å². The predicted molar refractivity (Wildman–Crippen MR) is 33.3 cm³/mol. The quantitative estimate of drug-likeness (QED) is 0.485. The van der Waals surface area contributed by atoms with Crippen molar-refractivity contribution < 1.29 is 0 Å². The van der Waals surface area contributed by atoms with Crippen LogP contribution in [0.3, 0.4) is 0 Å². The number of hydrazine groups is 1.